The molecule has 0 N–H and O–H groups in total. The van der Waals surface area contributed by atoms with Gasteiger partial charge >= 0.3 is 5.97 Å². The number of amides is 1. The molecule has 184 valence electrons. The van der Waals surface area contributed by atoms with Gasteiger partial charge in [0.25, 0.3) is 12.3 Å². The van der Waals surface area contributed by atoms with Gasteiger partial charge in [-0.3, -0.25) is 9.69 Å². The second kappa shape index (κ2) is 8.88. The number of hydrogen-bond donors (Lipinski definition) is 0. The van der Waals surface area contributed by atoms with Crippen molar-refractivity contribution in [2.24, 2.45) is 0 Å². The average Bonchev–Trinajstić information content (AvgIpc) is 3.08. The van der Waals surface area contributed by atoms with E-state index >= 15 is 0 Å². The summed E-state index contributed by atoms with van der Waals surface area (Å²) in [4.78, 5) is 30.2. The van der Waals surface area contributed by atoms with Crippen LogP contribution < -0.4 is 4.73 Å². The van der Waals surface area contributed by atoms with E-state index in [9.17, 15) is 23.6 Å². The normalized spacial score (nSPS) is 23.5. The van der Waals surface area contributed by atoms with E-state index in [1.54, 1.807) is 11.8 Å². The topological polar surface area (TPSA) is 86.0 Å². The molecule has 5 rings (SSSR count). The molecule has 34 heavy (non-hydrogen) atoms. The summed E-state index contributed by atoms with van der Waals surface area (Å²) in [7, 11) is 0. The van der Waals surface area contributed by atoms with E-state index in [0.29, 0.717) is 46.0 Å². The van der Waals surface area contributed by atoms with Crippen LogP contribution in [-0.4, -0.2) is 66.2 Å². The van der Waals surface area contributed by atoms with Crippen molar-refractivity contribution in [3.8, 4) is 0 Å². The number of pyridine rings is 1. The van der Waals surface area contributed by atoms with Crippen LogP contribution in [0.4, 0.5) is 8.78 Å². The Labute approximate surface area is 196 Å². The number of fused-ring (bicyclic) bond motifs is 1. The number of likely N-dealkylation sites (tertiary alicyclic amines) is 1. The molecule has 1 aromatic heterocycles. The molecule has 0 saturated carbocycles. The van der Waals surface area contributed by atoms with Crippen molar-refractivity contribution in [3.63, 3.8) is 0 Å². The van der Waals surface area contributed by atoms with Crippen LogP contribution in [0.5, 0.6) is 0 Å². The van der Waals surface area contributed by atoms with Crippen LogP contribution in [0.3, 0.4) is 0 Å². The van der Waals surface area contributed by atoms with E-state index in [1.807, 2.05) is 0 Å². The number of carbonyl (C=O) groups is 2. The van der Waals surface area contributed by atoms with Gasteiger partial charge in [0.1, 0.15) is 5.60 Å². The van der Waals surface area contributed by atoms with Gasteiger partial charge in [0.2, 0.25) is 0 Å². The van der Waals surface area contributed by atoms with Crippen molar-refractivity contribution in [2.45, 2.75) is 63.6 Å². The standard InChI is InChI=1S/C24H29F2N3O5/c1-15-20(22(30)28-7-2-19-16(13-28)12-17(21(25)26)14-29(19)32)24(34-23(15)31)5-8-27(9-6-24)18-3-10-33-11-4-18/h12,14,18,21H,2-11,13H2,1H3. The minimum absolute atomic E-state index is 0.0478. The SMILES string of the molecule is CC1=C(C(=O)N2CCc3c(cc(C(F)F)c[n+]3[O-])C2)C2(CCN(C3CCOCC3)CC2)OC1=O. The molecule has 0 unspecified atom stereocenters. The van der Waals surface area contributed by atoms with Crippen LogP contribution >= 0.6 is 0 Å². The third-order valence-electron chi connectivity index (χ3n) is 7.71. The van der Waals surface area contributed by atoms with Crippen molar-refractivity contribution < 1.29 is 32.6 Å². The fourth-order valence-corrected chi connectivity index (χ4v) is 5.82. The molecule has 2 saturated heterocycles. The van der Waals surface area contributed by atoms with Gasteiger partial charge < -0.3 is 19.6 Å². The molecule has 4 aliphatic heterocycles. The minimum atomic E-state index is -2.77. The Bertz CT molecular complexity index is 1030. The molecule has 1 spiro atoms. The lowest BCUT2D eigenvalue weighted by atomic mass is 9.81. The van der Waals surface area contributed by atoms with E-state index in [4.69, 9.17) is 9.47 Å². The van der Waals surface area contributed by atoms with Gasteiger partial charge in [0.05, 0.1) is 24.1 Å². The van der Waals surface area contributed by atoms with E-state index in [0.717, 1.165) is 45.3 Å². The van der Waals surface area contributed by atoms with Crippen LogP contribution in [0.1, 0.15) is 55.9 Å². The maximum atomic E-state index is 13.7. The highest BCUT2D eigenvalue weighted by atomic mass is 19.3. The number of ether oxygens (including phenoxy) is 2. The van der Waals surface area contributed by atoms with Gasteiger partial charge in [-0.1, -0.05) is 0 Å². The Balaban J connectivity index is 1.36. The second-order valence-corrected chi connectivity index (χ2v) is 9.61. The predicted octanol–water partition coefficient (Wildman–Crippen LogP) is 2.03. The van der Waals surface area contributed by atoms with Gasteiger partial charge in [0.15, 0.2) is 11.9 Å². The number of rotatable bonds is 3. The fraction of sp³-hybridized carbons (Fsp3) is 0.625. The van der Waals surface area contributed by atoms with Crippen LogP contribution in [0.2, 0.25) is 0 Å². The highest BCUT2D eigenvalue weighted by molar-refractivity contribution is 6.07. The first-order chi connectivity index (χ1) is 16.3. The van der Waals surface area contributed by atoms with Crippen molar-refractivity contribution in [2.75, 3.05) is 32.8 Å². The van der Waals surface area contributed by atoms with Crippen molar-refractivity contribution in [1.29, 1.82) is 0 Å². The highest BCUT2D eigenvalue weighted by Crippen LogP contribution is 2.43. The quantitative estimate of drug-likeness (QED) is 0.376. The van der Waals surface area contributed by atoms with E-state index < -0.39 is 18.0 Å². The first-order valence-corrected chi connectivity index (χ1v) is 11.9. The van der Waals surface area contributed by atoms with Crippen molar-refractivity contribution >= 4 is 11.9 Å². The molecule has 0 radical (unpaired) electrons. The van der Waals surface area contributed by atoms with Gasteiger partial charge in [0, 0.05) is 62.9 Å². The molecule has 1 amide bonds. The first kappa shape index (κ1) is 23.2. The maximum Gasteiger partial charge on any atom is 0.335 e. The van der Waals surface area contributed by atoms with E-state index in [2.05, 4.69) is 4.90 Å². The Kier molecular flexibility index (Phi) is 6.05. The monoisotopic (exact) mass is 477 g/mol. The lowest BCUT2D eigenvalue weighted by Gasteiger charge is -2.44. The molecule has 4 aliphatic rings. The van der Waals surface area contributed by atoms with Crippen molar-refractivity contribution in [1.82, 2.24) is 9.80 Å². The van der Waals surface area contributed by atoms with Gasteiger partial charge in [-0.25, -0.2) is 13.6 Å². The van der Waals surface area contributed by atoms with Crippen LogP contribution in [0, 0.1) is 5.21 Å². The zero-order valence-corrected chi connectivity index (χ0v) is 19.2. The molecule has 0 atom stereocenters. The number of carbonyl (C=O) groups excluding carboxylic acids is 2. The molecule has 10 heteroatoms. The lowest BCUT2D eigenvalue weighted by Crippen LogP contribution is -2.53. The molecule has 8 nitrogen and oxygen atoms in total. The molecular formula is C24H29F2N3O5. The summed E-state index contributed by atoms with van der Waals surface area (Å²) in [5.41, 5.74) is 0.193. The third kappa shape index (κ3) is 3.96. The van der Waals surface area contributed by atoms with Crippen LogP contribution in [-0.2, 0) is 32.0 Å². The average molecular weight is 478 g/mol. The zero-order valence-electron chi connectivity index (χ0n) is 19.2. The number of esters is 1. The summed E-state index contributed by atoms with van der Waals surface area (Å²) in [6.07, 6.45) is 1.41. The summed E-state index contributed by atoms with van der Waals surface area (Å²) < 4.78 is 38.2. The Morgan fingerprint density at radius 2 is 1.94 bits per heavy atom. The largest absolute Gasteiger partial charge is 0.618 e. The number of aromatic nitrogens is 1. The Morgan fingerprint density at radius 1 is 1.24 bits per heavy atom. The summed E-state index contributed by atoms with van der Waals surface area (Å²) in [5, 5.41) is 12.2. The summed E-state index contributed by atoms with van der Waals surface area (Å²) in [5.74, 6) is -0.786. The summed E-state index contributed by atoms with van der Waals surface area (Å²) in [6, 6.07) is 1.74. The number of hydrogen-bond acceptors (Lipinski definition) is 6. The number of alkyl halides is 2. The number of piperidine rings is 1. The minimum Gasteiger partial charge on any atom is -0.618 e. The molecule has 0 bridgehead atoms. The zero-order chi connectivity index (χ0) is 24.0. The number of nitrogens with zero attached hydrogens (tertiary/aromatic N) is 3. The van der Waals surface area contributed by atoms with E-state index in [1.165, 1.54) is 6.07 Å². The van der Waals surface area contributed by atoms with Gasteiger partial charge in [-0.15, -0.1) is 0 Å². The Hall–Kier alpha value is -2.59. The molecule has 1 aromatic rings. The summed E-state index contributed by atoms with van der Waals surface area (Å²) >= 11 is 0. The maximum absolute atomic E-state index is 13.7. The molecule has 0 aromatic carbocycles. The van der Waals surface area contributed by atoms with Crippen LogP contribution in [0.25, 0.3) is 0 Å². The number of halogens is 2. The lowest BCUT2D eigenvalue weighted by molar-refractivity contribution is -0.615. The molecule has 2 fully saturated rings. The smallest absolute Gasteiger partial charge is 0.335 e. The molecule has 0 aliphatic carbocycles. The predicted molar refractivity (Wildman–Crippen MR) is 116 cm³/mol. The highest BCUT2D eigenvalue weighted by Gasteiger charge is 2.52. The molecule has 5 heterocycles. The first-order valence-electron chi connectivity index (χ1n) is 11.9. The van der Waals surface area contributed by atoms with Gasteiger partial charge in [-0.05, 0) is 25.8 Å². The molecular weight excluding hydrogens is 448 g/mol. The van der Waals surface area contributed by atoms with Crippen LogP contribution in [0.15, 0.2) is 23.4 Å². The summed E-state index contributed by atoms with van der Waals surface area (Å²) in [6.45, 7) is 4.88. The van der Waals surface area contributed by atoms with E-state index in [-0.39, 0.29) is 31.0 Å². The van der Waals surface area contributed by atoms with Gasteiger partial charge in [-0.2, -0.15) is 4.73 Å². The third-order valence-corrected chi connectivity index (χ3v) is 7.71. The Morgan fingerprint density at radius 3 is 2.62 bits per heavy atom. The second-order valence-electron chi connectivity index (χ2n) is 9.61. The van der Waals surface area contributed by atoms with Crippen molar-refractivity contribution in [3.05, 3.63) is 45.4 Å². The fourth-order valence-electron chi connectivity index (χ4n) is 5.82.